The smallest absolute Gasteiger partial charge is 0.240 e. The molecule has 4 nitrogen and oxygen atoms in total. The topological polar surface area (TPSA) is 52.6 Å². The van der Waals surface area contributed by atoms with Crippen molar-refractivity contribution >= 4 is 5.91 Å². The molecule has 0 aromatic heterocycles. The number of hydrogen-bond acceptors (Lipinski definition) is 3. The van der Waals surface area contributed by atoms with Crippen LogP contribution in [-0.4, -0.2) is 35.0 Å². The van der Waals surface area contributed by atoms with Gasteiger partial charge in [-0.2, -0.15) is 0 Å². The van der Waals surface area contributed by atoms with E-state index in [-0.39, 0.29) is 23.1 Å². The molecule has 1 atom stereocenters. The summed E-state index contributed by atoms with van der Waals surface area (Å²) in [7, 11) is 0. The average molecular weight is 288 g/mol. The summed E-state index contributed by atoms with van der Waals surface area (Å²) in [5.74, 6) is 0.480. The summed E-state index contributed by atoms with van der Waals surface area (Å²) in [5.41, 5.74) is 2.32. The van der Waals surface area contributed by atoms with Gasteiger partial charge in [-0.1, -0.05) is 19.9 Å². The van der Waals surface area contributed by atoms with E-state index in [0.29, 0.717) is 6.54 Å². The highest BCUT2D eigenvalue weighted by Gasteiger charge is 2.39. The molecule has 114 valence electrons. The molecule has 1 aromatic carbocycles. The summed E-state index contributed by atoms with van der Waals surface area (Å²) in [6, 6.07) is 5.39. The summed E-state index contributed by atoms with van der Waals surface area (Å²) in [6.45, 7) is 6.64. The predicted molar refractivity (Wildman–Crippen MR) is 82.0 cm³/mol. The summed E-state index contributed by atoms with van der Waals surface area (Å²) in [5, 5.41) is 13.0. The van der Waals surface area contributed by atoms with E-state index < -0.39 is 0 Å². The fourth-order valence-corrected chi connectivity index (χ4v) is 3.55. The van der Waals surface area contributed by atoms with Gasteiger partial charge in [-0.3, -0.25) is 4.79 Å². The fraction of sp³-hybridized carbons (Fsp3) is 0.588. The highest BCUT2D eigenvalue weighted by atomic mass is 16.3. The Hall–Kier alpha value is -1.55. The molecule has 0 aliphatic carbocycles. The molecule has 0 saturated carbocycles. The molecule has 1 unspecified atom stereocenters. The minimum absolute atomic E-state index is 0.00837. The lowest BCUT2D eigenvalue weighted by molar-refractivity contribution is -0.138. The van der Waals surface area contributed by atoms with Crippen molar-refractivity contribution in [1.29, 1.82) is 0 Å². The Bertz CT molecular complexity index is 554. The van der Waals surface area contributed by atoms with E-state index in [1.165, 1.54) is 5.56 Å². The third kappa shape index (κ3) is 2.77. The molecule has 0 spiro atoms. The van der Waals surface area contributed by atoms with Crippen LogP contribution in [0.25, 0.3) is 0 Å². The van der Waals surface area contributed by atoms with E-state index in [4.69, 9.17) is 0 Å². The lowest BCUT2D eigenvalue weighted by Gasteiger charge is -2.41. The van der Waals surface area contributed by atoms with Crippen LogP contribution in [0.4, 0.5) is 0 Å². The lowest BCUT2D eigenvalue weighted by Crippen LogP contribution is -2.57. The number of fused-ring (bicyclic) bond motifs is 1. The summed E-state index contributed by atoms with van der Waals surface area (Å²) in [4.78, 5) is 14.8. The van der Waals surface area contributed by atoms with E-state index in [2.05, 4.69) is 19.2 Å². The van der Waals surface area contributed by atoms with Crippen LogP contribution in [0, 0.1) is 5.41 Å². The van der Waals surface area contributed by atoms with Crippen molar-refractivity contribution in [2.75, 3.05) is 13.1 Å². The van der Waals surface area contributed by atoms with Gasteiger partial charge in [0.15, 0.2) is 0 Å². The first-order chi connectivity index (χ1) is 9.97. The second-order valence-electron chi connectivity index (χ2n) is 6.94. The Balaban J connectivity index is 1.77. The number of amides is 1. The van der Waals surface area contributed by atoms with Gasteiger partial charge in [-0.05, 0) is 54.5 Å². The number of benzene rings is 1. The van der Waals surface area contributed by atoms with Crippen molar-refractivity contribution in [2.24, 2.45) is 5.41 Å². The van der Waals surface area contributed by atoms with Gasteiger partial charge in [-0.15, -0.1) is 0 Å². The van der Waals surface area contributed by atoms with Crippen molar-refractivity contribution in [3.05, 3.63) is 29.3 Å². The maximum Gasteiger partial charge on any atom is 0.240 e. The number of nitrogens with zero attached hydrogens (tertiary/aromatic N) is 1. The Morgan fingerprint density at radius 1 is 1.38 bits per heavy atom. The van der Waals surface area contributed by atoms with Crippen LogP contribution in [0.3, 0.4) is 0 Å². The average Bonchev–Trinajstić information content (AvgIpc) is 2.45. The number of rotatable bonds is 1. The molecule has 1 aromatic rings. The van der Waals surface area contributed by atoms with Crippen LogP contribution in [0.5, 0.6) is 5.75 Å². The monoisotopic (exact) mass is 288 g/mol. The quantitative estimate of drug-likeness (QED) is 0.831. The van der Waals surface area contributed by atoms with Gasteiger partial charge in [0.1, 0.15) is 5.75 Å². The molecule has 1 fully saturated rings. The number of aromatic hydroxyl groups is 1. The Morgan fingerprint density at radius 3 is 2.95 bits per heavy atom. The number of carbonyl (C=O) groups excluding carboxylic acids is 1. The second-order valence-corrected chi connectivity index (χ2v) is 6.94. The number of nitrogens with one attached hydrogen (secondary N) is 1. The molecule has 4 heteroatoms. The van der Waals surface area contributed by atoms with Gasteiger partial charge >= 0.3 is 0 Å². The van der Waals surface area contributed by atoms with E-state index in [1.807, 2.05) is 11.0 Å². The molecule has 1 amide bonds. The van der Waals surface area contributed by atoms with Gasteiger partial charge in [0.05, 0.1) is 6.04 Å². The van der Waals surface area contributed by atoms with Gasteiger partial charge in [0, 0.05) is 13.1 Å². The van der Waals surface area contributed by atoms with E-state index in [1.54, 1.807) is 12.1 Å². The summed E-state index contributed by atoms with van der Waals surface area (Å²) < 4.78 is 0. The number of phenols is 1. The molecule has 2 N–H and O–H groups in total. The van der Waals surface area contributed by atoms with Crippen LogP contribution < -0.4 is 5.32 Å². The van der Waals surface area contributed by atoms with E-state index in [0.717, 1.165) is 37.9 Å². The Morgan fingerprint density at radius 2 is 2.19 bits per heavy atom. The third-order valence-electron chi connectivity index (χ3n) is 4.89. The van der Waals surface area contributed by atoms with Gasteiger partial charge in [0.25, 0.3) is 0 Å². The van der Waals surface area contributed by atoms with Crippen LogP contribution in [0.1, 0.15) is 37.8 Å². The van der Waals surface area contributed by atoms with Gasteiger partial charge in [-0.25, -0.2) is 0 Å². The Labute approximate surface area is 126 Å². The van der Waals surface area contributed by atoms with Crippen molar-refractivity contribution in [3.8, 4) is 5.75 Å². The maximum absolute atomic E-state index is 12.9. The van der Waals surface area contributed by atoms with Crippen LogP contribution in [-0.2, 0) is 17.8 Å². The van der Waals surface area contributed by atoms with Crippen molar-refractivity contribution < 1.29 is 9.90 Å². The van der Waals surface area contributed by atoms with Crippen molar-refractivity contribution in [2.45, 2.75) is 45.7 Å². The van der Waals surface area contributed by atoms with Crippen molar-refractivity contribution in [3.63, 3.8) is 0 Å². The predicted octanol–water partition coefficient (Wildman–Crippen LogP) is 2.06. The number of piperidine rings is 1. The van der Waals surface area contributed by atoms with E-state index >= 15 is 0 Å². The number of phenolic OH excluding ortho intramolecular Hbond substituents is 1. The van der Waals surface area contributed by atoms with Crippen LogP contribution in [0.15, 0.2) is 18.2 Å². The highest BCUT2D eigenvalue weighted by Crippen LogP contribution is 2.32. The minimum atomic E-state index is -0.0925. The lowest BCUT2D eigenvalue weighted by atomic mass is 9.77. The summed E-state index contributed by atoms with van der Waals surface area (Å²) >= 11 is 0. The zero-order valence-corrected chi connectivity index (χ0v) is 12.9. The molecular weight excluding hydrogens is 264 g/mol. The molecule has 3 rings (SSSR count). The molecule has 21 heavy (non-hydrogen) atoms. The first-order valence-electron chi connectivity index (χ1n) is 7.80. The molecule has 0 bridgehead atoms. The largest absolute Gasteiger partial charge is 0.508 e. The molecule has 2 aliphatic heterocycles. The summed E-state index contributed by atoms with van der Waals surface area (Å²) in [6.07, 6.45) is 3.09. The van der Waals surface area contributed by atoms with Crippen LogP contribution in [0.2, 0.25) is 0 Å². The van der Waals surface area contributed by atoms with E-state index in [9.17, 15) is 9.90 Å². The molecular formula is C17H24N2O2. The standard InChI is InChI=1S/C17H24N2O2/c1-17(2)7-3-8-18-15(17)16(21)19-9-6-12-4-5-14(20)10-13(12)11-19/h4-5,10,15,18,20H,3,6-9,11H2,1-2H3. The fourth-order valence-electron chi connectivity index (χ4n) is 3.55. The van der Waals surface area contributed by atoms with Crippen molar-refractivity contribution in [1.82, 2.24) is 10.2 Å². The normalized spacial score (nSPS) is 24.5. The first-order valence-corrected chi connectivity index (χ1v) is 7.80. The minimum Gasteiger partial charge on any atom is -0.508 e. The molecule has 2 aliphatic rings. The SMILES string of the molecule is CC1(C)CCCNC1C(=O)N1CCc2ccc(O)cc2C1. The number of carbonyl (C=O) groups is 1. The molecule has 2 heterocycles. The van der Waals surface area contributed by atoms with Gasteiger partial charge in [0.2, 0.25) is 5.91 Å². The molecule has 1 saturated heterocycles. The first kappa shape index (κ1) is 14.4. The molecule has 0 radical (unpaired) electrons. The Kier molecular flexibility index (Phi) is 3.66. The zero-order valence-electron chi connectivity index (χ0n) is 12.9. The third-order valence-corrected chi connectivity index (χ3v) is 4.89. The zero-order chi connectivity index (χ0) is 15.0. The maximum atomic E-state index is 12.9. The second kappa shape index (κ2) is 5.34. The van der Waals surface area contributed by atoms with Crippen LogP contribution >= 0.6 is 0 Å². The number of hydrogen-bond donors (Lipinski definition) is 2. The highest BCUT2D eigenvalue weighted by molar-refractivity contribution is 5.83. The van der Waals surface area contributed by atoms with Gasteiger partial charge < -0.3 is 15.3 Å².